The van der Waals surface area contributed by atoms with Crippen LogP contribution in [0, 0.1) is 0 Å². The summed E-state index contributed by atoms with van der Waals surface area (Å²) in [7, 11) is 0. The van der Waals surface area contributed by atoms with Gasteiger partial charge in [0.2, 0.25) is 0 Å². The number of benzene rings is 1. The Labute approximate surface area is 153 Å². The van der Waals surface area contributed by atoms with Gasteiger partial charge in [-0.15, -0.1) is 11.3 Å². The van der Waals surface area contributed by atoms with Crippen molar-refractivity contribution in [3.8, 4) is 11.4 Å². The second kappa shape index (κ2) is 7.31. The molecule has 0 spiro atoms. The minimum atomic E-state index is 0.0265. The van der Waals surface area contributed by atoms with E-state index < -0.39 is 0 Å². The number of para-hydroxylation sites is 1. The molecule has 0 bridgehead atoms. The molecule has 0 fully saturated rings. The van der Waals surface area contributed by atoms with Crippen LogP contribution in [0.3, 0.4) is 0 Å². The minimum Gasteiger partial charge on any atom is -0.396 e. The fraction of sp³-hybridized carbons (Fsp3) is 0.158. The average Bonchev–Trinajstić information content (AvgIpc) is 3.35. The summed E-state index contributed by atoms with van der Waals surface area (Å²) in [6, 6.07) is 14.2. The molecule has 0 aliphatic carbocycles. The van der Waals surface area contributed by atoms with Crippen molar-refractivity contribution in [1.29, 1.82) is 0 Å². The normalized spacial score (nSPS) is 12.4. The Morgan fingerprint density at radius 3 is 2.72 bits per heavy atom. The molecule has 6 heteroatoms. The van der Waals surface area contributed by atoms with Crippen molar-refractivity contribution in [3.05, 3.63) is 63.5 Å². The highest BCUT2D eigenvalue weighted by Gasteiger charge is 2.16. The second-order valence-electron chi connectivity index (χ2n) is 5.65. The van der Waals surface area contributed by atoms with Crippen LogP contribution in [0.1, 0.15) is 17.3 Å². The Balaban J connectivity index is 1.79. The molecule has 2 N–H and O–H groups in total. The van der Waals surface area contributed by atoms with Gasteiger partial charge in [0, 0.05) is 27.8 Å². The molecular formula is C19H17N3OS2. The van der Waals surface area contributed by atoms with Gasteiger partial charge < -0.3 is 10.4 Å². The molecule has 25 heavy (non-hydrogen) atoms. The molecule has 4 aromatic rings. The van der Waals surface area contributed by atoms with Gasteiger partial charge in [-0.25, -0.2) is 9.97 Å². The van der Waals surface area contributed by atoms with Crippen LogP contribution in [0.15, 0.2) is 58.6 Å². The quantitative estimate of drug-likeness (QED) is 0.506. The number of aliphatic hydroxyl groups is 1. The standard InChI is InChI=1S/C19H17N3OS2/c23-9-7-16(17-6-3-10-25-17)21-19-14-4-1-2-5-15(14)20-18(22-19)13-8-11-24-12-13/h1-6,8,10-12,16,23H,7,9H2,(H,20,21,22). The molecule has 0 amide bonds. The van der Waals surface area contributed by atoms with Crippen molar-refractivity contribution in [3.63, 3.8) is 0 Å². The molecule has 3 heterocycles. The Morgan fingerprint density at radius 1 is 1.04 bits per heavy atom. The lowest BCUT2D eigenvalue weighted by molar-refractivity contribution is 0.280. The van der Waals surface area contributed by atoms with Gasteiger partial charge in [-0.3, -0.25) is 0 Å². The Bertz CT molecular complexity index is 952. The monoisotopic (exact) mass is 367 g/mol. The molecule has 0 radical (unpaired) electrons. The van der Waals surface area contributed by atoms with Crippen LogP contribution in [0.4, 0.5) is 5.82 Å². The van der Waals surface area contributed by atoms with Crippen LogP contribution in [0.25, 0.3) is 22.3 Å². The summed E-state index contributed by atoms with van der Waals surface area (Å²) in [6.07, 6.45) is 0.632. The van der Waals surface area contributed by atoms with E-state index in [4.69, 9.17) is 9.97 Å². The van der Waals surface area contributed by atoms with E-state index in [0.717, 1.165) is 28.1 Å². The first-order valence-corrected chi connectivity index (χ1v) is 9.87. The number of anilines is 1. The zero-order chi connectivity index (χ0) is 17.1. The molecule has 1 unspecified atom stereocenters. The van der Waals surface area contributed by atoms with Crippen LogP contribution >= 0.6 is 22.7 Å². The first-order chi connectivity index (χ1) is 12.3. The second-order valence-corrected chi connectivity index (χ2v) is 7.41. The maximum atomic E-state index is 9.46. The fourth-order valence-electron chi connectivity index (χ4n) is 2.78. The molecule has 0 saturated carbocycles. The number of thiophene rings is 2. The van der Waals surface area contributed by atoms with E-state index in [1.165, 1.54) is 4.88 Å². The van der Waals surface area contributed by atoms with Gasteiger partial charge in [-0.05, 0) is 41.4 Å². The molecule has 0 aliphatic rings. The van der Waals surface area contributed by atoms with E-state index in [2.05, 4.69) is 22.1 Å². The minimum absolute atomic E-state index is 0.0265. The summed E-state index contributed by atoms with van der Waals surface area (Å²) in [6.45, 7) is 0.121. The molecule has 126 valence electrons. The predicted molar refractivity (Wildman–Crippen MR) is 105 cm³/mol. The summed E-state index contributed by atoms with van der Waals surface area (Å²) < 4.78 is 0. The van der Waals surface area contributed by atoms with Gasteiger partial charge in [0.25, 0.3) is 0 Å². The highest BCUT2D eigenvalue weighted by Crippen LogP contribution is 2.31. The van der Waals surface area contributed by atoms with Crippen molar-refractivity contribution in [2.75, 3.05) is 11.9 Å². The molecular weight excluding hydrogens is 350 g/mol. The van der Waals surface area contributed by atoms with Crippen LogP contribution in [0.2, 0.25) is 0 Å². The number of rotatable bonds is 6. The maximum absolute atomic E-state index is 9.46. The molecule has 1 atom stereocenters. The van der Waals surface area contributed by atoms with Crippen molar-refractivity contribution in [2.45, 2.75) is 12.5 Å². The Morgan fingerprint density at radius 2 is 1.96 bits per heavy atom. The van der Waals surface area contributed by atoms with Gasteiger partial charge in [0.15, 0.2) is 5.82 Å². The molecule has 4 nitrogen and oxygen atoms in total. The summed E-state index contributed by atoms with van der Waals surface area (Å²) in [5, 5.41) is 20.1. The number of nitrogens with zero attached hydrogens (tertiary/aromatic N) is 2. The van der Waals surface area contributed by atoms with E-state index in [9.17, 15) is 5.11 Å². The number of aliphatic hydroxyl groups excluding tert-OH is 1. The van der Waals surface area contributed by atoms with Gasteiger partial charge in [-0.1, -0.05) is 18.2 Å². The predicted octanol–water partition coefficient (Wildman–Crippen LogP) is 4.96. The van der Waals surface area contributed by atoms with Crippen LogP contribution in [-0.4, -0.2) is 21.7 Å². The lowest BCUT2D eigenvalue weighted by atomic mass is 10.1. The third-order valence-corrected chi connectivity index (χ3v) is 5.67. The van der Waals surface area contributed by atoms with Gasteiger partial charge in [0.1, 0.15) is 5.82 Å². The molecule has 4 rings (SSSR count). The molecule has 0 saturated heterocycles. The first kappa shape index (κ1) is 16.2. The average molecular weight is 367 g/mol. The topological polar surface area (TPSA) is 58.0 Å². The molecule has 0 aliphatic heterocycles. The SMILES string of the molecule is OCCC(Nc1nc(-c2ccsc2)nc2ccccc12)c1cccs1. The summed E-state index contributed by atoms with van der Waals surface area (Å²) in [5.41, 5.74) is 1.93. The first-order valence-electron chi connectivity index (χ1n) is 8.05. The third-order valence-electron chi connectivity index (χ3n) is 4.00. The van der Waals surface area contributed by atoms with Gasteiger partial charge in [0.05, 0.1) is 11.6 Å². The summed E-state index contributed by atoms with van der Waals surface area (Å²) in [4.78, 5) is 10.7. The van der Waals surface area contributed by atoms with E-state index in [-0.39, 0.29) is 12.6 Å². The lowest BCUT2D eigenvalue weighted by Gasteiger charge is -2.19. The van der Waals surface area contributed by atoms with E-state index in [1.807, 2.05) is 41.8 Å². The Hall–Kier alpha value is -2.28. The van der Waals surface area contributed by atoms with Crippen LogP contribution in [-0.2, 0) is 0 Å². The van der Waals surface area contributed by atoms with Crippen molar-refractivity contribution < 1.29 is 5.11 Å². The van der Waals surface area contributed by atoms with E-state index in [0.29, 0.717) is 6.42 Å². The van der Waals surface area contributed by atoms with Crippen LogP contribution in [0.5, 0.6) is 0 Å². The molecule has 1 aromatic carbocycles. The zero-order valence-corrected chi connectivity index (χ0v) is 15.1. The Kier molecular flexibility index (Phi) is 4.74. The fourth-order valence-corrected chi connectivity index (χ4v) is 4.22. The van der Waals surface area contributed by atoms with Gasteiger partial charge >= 0.3 is 0 Å². The lowest BCUT2D eigenvalue weighted by Crippen LogP contribution is -2.13. The zero-order valence-electron chi connectivity index (χ0n) is 13.4. The maximum Gasteiger partial charge on any atom is 0.162 e. The van der Waals surface area contributed by atoms with Crippen molar-refractivity contribution in [1.82, 2.24) is 9.97 Å². The third kappa shape index (κ3) is 3.42. The number of fused-ring (bicyclic) bond motifs is 1. The summed E-state index contributed by atoms with van der Waals surface area (Å²) in [5.74, 6) is 1.52. The summed E-state index contributed by atoms with van der Waals surface area (Å²) >= 11 is 3.32. The highest BCUT2D eigenvalue weighted by atomic mass is 32.1. The largest absolute Gasteiger partial charge is 0.396 e. The van der Waals surface area contributed by atoms with E-state index in [1.54, 1.807) is 22.7 Å². The van der Waals surface area contributed by atoms with E-state index >= 15 is 0 Å². The van der Waals surface area contributed by atoms with Crippen molar-refractivity contribution >= 4 is 39.4 Å². The number of hydrogen-bond acceptors (Lipinski definition) is 6. The smallest absolute Gasteiger partial charge is 0.162 e. The molecule has 3 aromatic heterocycles. The number of hydrogen-bond donors (Lipinski definition) is 2. The van der Waals surface area contributed by atoms with Gasteiger partial charge in [-0.2, -0.15) is 11.3 Å². The van der Waals surface area contributed by atoms with Crippen molar-refractivity contribution in [2.24, 2.45) is 0 Å². The number of nitrogens with one attached hydrogen (secondary N) is 1. The highest BCUT2D eigenvalue weighted by molar-refractivity contribution is 7.10. The number of aromatic nitrogens is 2. The van der Waals surface area contributed by atoms with Crippen LogP contribution < -0.4 is 5.32 Å².